The van der Waals surface area contributed by atoms with Crippen LogP contribution in [0.25, 0.3) is 33.4 Å². The Kier molecular flexibility index (Phi) is 5.42. The maximum absolute atomic E-state index is 15.3. The average Bonchev–Trinajstić information content (AvgIpc) is 3.46. The van der Waals surface area contributed by atoms with Crippen molar-refractivity contribution in [3.63, 3.8) is 0 Å². The molecular formula is C27H29FN6O. The minimum atomic E-state index is -0.344. The second kappa shape index (κ2) is 8.62. The number of benzene rings is 2. The number of hydrogen-bond donors (Lipinski definition) is 2. The number of methoxy groups -OCH3 is 1. The zero-order valence-corrected chi connectivity index (χ0v) is 20.0. The molecule has 35 heavy (non-hydrogen) atoms. The molecule has 0 radical (unpaired) electrons. The van der Waals surface area contributed by atoms with Crippen LogP contribution in [-0.4, -0.2) is 60.4 Å². The molecule has 0 saturated carbocycles. The molecule has 8 heteroatoms. The van der Waals surface area contributed by atoms with Crippen molar-refractivity contribution in [2.24, 2.45) is 5.73 Å². The molecule has 2 aromatic carbocycles. The fraction of sp³-hybridized carbons (Fsp3) is 0.333. The fourth-order valence-corrected chi connectivity index (χ4v) is 5.38. The Balaban J connectivity index is 1.39. The van der Waals surface area contributed by atoms with E-state index in [0.717, 1.165) is 72.3 Å². The highest BCUT2D eigenvalue weighted by molar-refractivity contribution is 5.95. The first-order valence-corrected chi connectivity index (χ1v) is 12.1. The van der Waals surface area contributed by atoms with Crippen molar-refractivity contribution in [3.8, 4) is 28.3 Å². The van der Waals surface area contributed by atoms with Gasteiger partial charge in [-0.2, -0.15) is 5.10 Å². The molecule has 2 aromatic heterocycles. The summed E-state index contributed by atoms with van der Waals surface area (Å²) in [6.45, 7) is 4.17. The van der Waals surface area contributed by atoms with E-state index in [4.69, 9.17) is 10.5 Å². The second-order valence-electron chi connectivity index (χ2n) is 9.51. The van der Waals surface area contributed by atoms with Gasteiger partial charge in [-0.1, -0.05) is 12.1 Å². The van der Waals surface area contributed by atoms with E-state index < -0.39 is 0 Å². The first kappa shape index (κ1) is 22.0. The van der Waals surface area contributed by atoms with Crippen LogP contribution in [-0.2, 0) is 6.42 Å². The molecule has 180 valence electrons. The third-order valence-electron chi connectivity index (χ3n) is 7.37. The molecular weight excluding hydrogens is 443 g/mol. The molecule has 1 atom stereocenters. The van der Waals surface area contributed by atoms with Gasteiger partial charge in [0.05, 0.1) is 30.1 Å². The Morgan fingerprint density at radius 3 is 2.63 bits per heavy atom. The Hall–Kier alpha value is -3.49. The molecule has 1 aliphatic heterocycles. The molecule has 1 saturated heterocycles. The molecule has 1 fully saturated rings. The second-order valence-corrected chi connectivity index (χ2v) is 9.51. The third kappa shape index (κ3) is 3.73. The van der Waals surface area contributed by atoms with Crippen LogP contribution in [0.5, 0.6) is 5.75 Å². The molecule has 1 aliphatic carbocycles. The molecule has 3 heterocycles. The molecule has 0 bridgehead atoms. The standard InChI is InChI=1S/C27H29FN6O/c1-33-9-11-34(12-10-33)18-6-3-16(4-7-18)26-19-14-22(30-15-23(19)31-32-26)25-20(28)13-17-5-8-21(29)24(17)27(25)35-2/h3-4,6-7,13-15,21H,5,8-12,29H2,1-2H3,(H,31,32). The van der Waals surface area contributed by atoms with Crippen molar-refractivity contribution >= 4 is 16.6 Å². The molecule has 2 aliphatic rings. The van der Waals surface area contributed by atoms with Crippen LogP contribution in [0, 0.1) is 5.82 Å². The zero-order valence-electron chi connectivity index (χ0n) is 20.0. The number of aromatic amines is 1. The van der Waals surface area contributed by atoms with Gasteiger partial charge >= 0.3 is 0 Å². The normalized spacial score (nSPS) is 18.3. The molecule has 4 aromatic rings. The van der Waals surface area contributed by atoms with Gasteiger partial charge in [-0.05, 0) is 49.7 Å². The van der Waals surface area contributed by atoms with Crippen LogP contribution < -0.4 is 15.4 Å². The van der Waals surface area contributed by atoms with Gasteiger partial charge in [0.1, 0.15) is 17.3 Å². The fourth-order valence-electron chi connectivity index (χ4n) is 5.38. The Morgan fingerprint density at radius 2 is 1.89 bits per heavy atom. The van der Waals surface area contributed by atoms with Crippen molar-refractivity contribution in [3.05, 3.63) is 59.5 Å². The summed E-state index contributed by atoms with van der Waals surface area (Å²) in [4.78, 5) is 9.29. The highest BCUT2D eigenvalue weighted by Gasteiger charge is 2.29. The lowest BCUT2D eigenvalue weighted by molar-refractivity contribution is 0.313. The number of anilines is 1. The van der Waals surface area contributed by atoms with E-state index >= 15 is 4.39 Å². The summed E-state index contributed by atoms with van der Waals surface area (Å²) < 4.78 is 21.0. The number of nitrogens with two attached hydrogens (primary N) is 1. The van der Waals surface area contributed by atoms with E-state index in [0.29, 0.717) is 17.0 Å². The number of H-pyrrole nitrogens is 1. The van der Waals surface area contributed by atoms with Crippen molar-refractivity contribution in [2.75, 3.05) is 45.2 Å². The maximum atomic E-state index is 15.3. The Morgan fingerprint density at radius 1 is 1.11 bits per heavy atom. The molecule has 7 nitrogen and oxygen atoms in total. The molecule has 0 amide bonds. The van der Waals surface area contributed by atoms with Crippen LogP contribution in [0.15, 0.2) is 42.6 Å². The zero-order chi connectivity index (χ0) is 24.1. The number of pyridine rings is 1. The first-order valence-electron chi connectivity index (χ1n) is 12.1. The van der Waals surface area contributed by atoms with Crippen molar-refractivity contribution in [1.29, 1.82) is 0 Å². The van der Waals surface area contributed by atoms with E-state index in [-0.39, 0.29) is 11.9 Å². The Labute approximate surface area is 203 Å². The number of piperazine rings is 1. The van der Waals surface area contributed by atoms with Crippen LogP contribution in [0.4, 0.5) is 10.1 Å². The van der Waals surface area contributed by atoms with Crippen molar-refractivity contribution in [2.45, 2.75) is 18.9 Å². The van der Waals surface area contributed by atoms with Crippen LogP contribution >= 0.6 is 0 Å². The summed E-state index contributed by atoms with van der Waals surface area (Å²) in [5, 5.41) is 8.51. The van der Waals surface area contributed by atoms with Gasteiger partial charge in [-0.25, -0.2) is 4.39 Å². The number of ether oxygens (including phenoxy) is 1. The Bertz CT molecular complexity index is 1390. The smallest absolute Gasteiger partial charge is 0.136 e. The highest BCUT2D eigenvalue weighted by Crippen LogP contribution is 2.44. The van der Waals surface area contributed by atoms with Gasteiger partial charge in [-0.3, -0.25) is 10.1 Å². The van der Waals surface area contributed by atoms with Crippen LogP contribution in [0.2, 0.25) is 0 Å². The number of nitrogens with zero attached hydrogens (tertiary/aromatic N) is 4. The van der Waals surface area contributed by atoms with Crippen molar-refractivity contribution < 1.29 is 9.13 Å². The lowest BCUT2D eigenvalue weighted by atomic mass is 9.98. The SMILES string of the molecule is COc1c(-c2cc3c(-c4ccc(N5CCN(C)CC5)cc4)n[nH]c3cn2)c(F)cc2c1C(N)CC2. The van der Waals surface area contributed by atoms with Gasteiger partial charge in [0.25, 0.3) is 0 Å². The number of rotatable bonds is 4. The summed E-state index contributed by atoms with van der Waals surface area (Å²) in [5.74, 6) is 0.140. The summed E-state index contributed by atoms with van der Waals surface area (Å²) in [6, 6.07) is 11.8. The summed E-state index contributed by atoms with van der Waals surface area (Å²) in [7, 11) is 3.72. The van der Waals surface area contributed by atoms with E-state index in [1.165, 1.54) is 5.69 Å². The highest BCUT2D eigenvalue weighted by atomic mass is 19.1. The molecule has 0 spiro atoms. The average molecular weight is 473 g/mol. The number of likely N-dealkylation sites (N-methyl/N-ethyl adjacent to an activating group) is 1. The predicted molar refractivity (Wildman–Crippen MR) is 136 cm³/mol. The molecule has 3 N–H and O–H groups in total. The minimum Gasteiger partial charge on any atom is -0.496 e. The monoisotopic (exact) mass is 472 g/mol. The molecule has 1 unspecified atom stereocenters. The number of halogens is 1. The number of aromatic nitrogens is 3. The maximum Gasteiger partial charge on any atom is 0.136 e. The van der Waals surface area contributed by atoms with E-state index in [1.807, 2.05) is 6.07 Å². The van der Waals surface area contributed by atoms with Crippen LogP contribution in [0.1, 0.15) is 23.6 Å². The lowest BCUT2D eigenvalue weighted by Gasteiger charge is -2.34. The van der Waals surface area contributed by atoms with E-state index in [9.17, 15) is 0 Å². The summed E-state index contributed by atoms with van der Waals surface area (Å²) in [6.07, 6.45) is 3.25. The summed E-state index contributed by atoms with van der Waals surface area (Å²) >= 11 is 0. The largest absolute Gasteiger partial charge is 0.496 e. The van der Waals surface area contributed by atoms with E-state index in [1.54, 1.807) is 19.4 Å². The van der Waals surface area contributed by atoms with Crippen molar-refractivity contribution in [1.82, 2.24) is 20.1 Å². The number of fused-ring (bicyclic) bond motifs is 2. The summed E-state index contributed by atoms with van der Waals surface area (Å²) in [5.41, 5.74) is 12.8. The lowest BCUT2D eigenvalue weighted by Crippen LogP contribution is -2.44. The quantitative estimate of drug-likeness (QED) is 0.465. The number of aryl methyl sites for hydroxylation is 1. The van der Waals surface area contributed by atoms with Gasteiger partial charge in [-0.15, -0.1) is 0 Å². The third-order valence-corrected chi connectivity index (χ3v) is 7.37. The van der Waals surface area contributed by atoms with Gasteiger partial charge in [0.15, 0.2) is 0 Å². The van der Waals surface area contributed by atoms with E-state index in [2.05, 4.69) is 56.3 Å². The van der Waals surface area contributed by atoms with Gasteiger partial charge in [0.2, 0.25) is 0 Å². The van der Waals surface area contributed by atoms with Gasteiger partial charge in [0, 0.05) is 54.4 Å². The number of hydrogen-bond acceptors (Lipinski definition) is 6. The topological polar surface area (TPSA) is 83.3 Å². The predicted octanol–water partition coefficient (Wildman–Crippen LogP) is 4.14. The van der Waals surface area contributed by atoms with Gasteiger partial charge < -0.3 is 20.3 Å². The number of nitrogens with one attached hydrogen (secondary N) is 1. The first-order chi connectivity index (χ1) is 17.0. The minimum absolute atomic E-state index is 0.161. The van der Waals surface area contributed by atoms with Crippen LogP contribution in [0.3, 0.4) is 0 Å². The molecule has 6 rings (SSSR count).